The van der Waals surface area contributed by atoms with Gasteiger partial charge in [-0.2, -0.15) is 0 Å². The number of esters is 1. The predicted octanol–water partition coefficient (Wildman–Crippen LogP) is 0.929. The summed E-state index contributed by atoms with van der Waals surface area (Å²) in [5, 5.41) is 9.70. The highest BCUT2D eigenvalue weighted by atomic mass is 16.5. The van der Waals surface area contributed by atoms with Gasteiger partial charge in [0.2, 0.25) is 0 Å². The van der Waals surface area contributed by atoms with E-state index in [9.17, 15) is 14.7 Å². The van der Waals surface area contributed by atoms with E-state index in [-0.39, 0.29) is 30.0 Å². The van der Waals surface area contributed by atoms with Gasteiger partial charge in [-0.1, -0.05) is 0 Å². The molecular formula is C13H12O5. The van der Waals surface area contributed by atoms with Crippen molar-refractivity contribution in [3.63, 3.8) is 0 Å². The minimum absolute atomic E-state index is 0.0618. The maximum Gasteiger partial charge on any atom is 0.310 e. The third kappa shape index (κ3) is 1.40. The van der Waals surface area contributed by atoms with Crippen LogP contribution in [0.4, 0.5) is 0 Å². The third-order valence-corrected chi connectivity index (χ3v) is 3.64. The van der Waals surface area contributed by atoms with E-state index in [4.69, 9.17) is 9.47 Å². The largest absolute Gasteiger partial charge is 0.504 e. The van der Waals surface area contributed by atoms with Gasteiger partial charge in [0.25, 0.3) is 0 Å². The van der Waals surface area contributed by atoms with Gasteiger partial charge in [-0.25, -0.2) is 0 Å². The van der Waals surface area contributed by atoms with Crippen LogP contribution in [0, 0.1) is 11.8 Å². The number of phenolic OH excluding ortho intramolecular Hbond substituents is 1. The Morgan fingerprint density at radius 1 is 1.33 bits per heavy atom. The van der Waals surface area contributed by atoms with E-state index >= 15 is 0 Å². The van der Waals surface area contributed by atoms with Crippen LogP contribution in [0.3, 0.4) is 0 Å². The van der Waals surface area contributed by atoms with Gasteiger partial charge in [0.05, 0.1) is 18.9 Å². The van der Waals surface area contributed by atoms with Gasteiger partial charge in [0.15, 0.2) is 17.3 Å². The number of benzene rings is 1. The summed E-state index contributed by atoms with van der Waals surface area (Å²) in [4.78, 5) is 23.7. The van der Waals surface area contributed by atoms with Crippen LogP contribution < -0.4 is 4.74 Å². The van der Waals surface area contributed by atoms with E-state index in [0.717, 1.165) is 5.56 Å². The standard InChI is InChI=1S/C13H12O5/c1-17-11-3-6-2-8-9(5-18-13(8)16)12(15)7(6)4-10(11)14/h3-4,8-9,14H,2,5H2,1H3/t8-,9-/m1/s1. The molecule has 1 fully saturated rings. The monoisotopic (exact) mass is 248 g/mol. The molecule has 94 valence electrons. The number of carbonyl (C=O) groups is 2. The first-order chi connectivity index (χ1) is 8.61. The van der Waals surface area contributed by atoms with Crippen LogP contribution in [0.1, 0.15) is 15.9 Å². The molecule has 0 spiro atoms. The van der Waals surface area contributed by atoms with Crippen LogP contribution in [-0.2, 0) is 16.0 Å². The Labute approximate surface area is 103 Å². The Bertz CT molecular complexity index is 549. The van der Waals surface area contributed by atoms with E-state index < -0.39 is 5.92 Å². The van der Waals surface area contributed by atoms with Crippen LogP contribution >= 0.6 is 0 Å². The summed E-state index contributed by atoms with van der Waals surface area (Å²) in [6.45, 7) is 0.147. The van der Waals surface area contributed by atoms with Crippen molar-refractivity contribution in [3.8, 4) is 11.5 Å². The number of fused-ring (bicyclic) bond motifs is 2. The number of phenols is 1. The maximum atomic E-state index is 12.2. The summed E-state index contributed by atoms with van der Waals surface area (Å²) in [5.74, 6) is -0.993. The van der Waals surface area contributed by atoms with Crippen molar-refractivity contribution < 1.29 is 24.2 Å². The zero-order valence-electron chi connectivity index (χ0n) is 9.80. The molecule has 1 aliphatic carbocycles. The number of rotatable bonds is 1. The molecule has 2 aliphatic rings. The Hall–Kier alpha value is -2.04. The molecular weight excluding hydrogens is 236 g/mol. The lowest BCUT2D eigenvalue weighted by atomic mass is 9.76. The Kier molecular flexibility index (Phi) is 2.29. The number of hydrogen-bond donors (Lipinski definition) is 1. The van der Waals surface area contributed by atoms with Crippen LogP contribution in [0.5, 0.6) is 11.5 Å². The normalized spacial score (nSPS) is 25.4. The number of methoxy groups -OCH3 is 1. The molecule has 18 heavy (non-hydrogen) atoms. The highest BCUT2D eigenvalue weighted by Crippen LogP contribution is 2.39. The molecule has 1 aromatic rings. The average Bonchev–Trinajstić information content (AvgIpc) is 2.72. The van der Waals surface area contributed by atoms with E-state index in [2.05, 4.69) is 0 Å². The summed E-state index contributed by atoms with van der Waals surface area (Å²) >= 11 is 0. The molecule has 0 saturated carbocycles. The lowest BCUT2D eigenvalue weighted by Crippen LogP contribution is -2.31. The number of Topliss-reactive ketones (excluding diaryl/α,β-unsaturated/α-hetero) is 1. The van der Waals surface area contributed by atoms with Crippen molar-refractivity contribution in [3.05, 3.63) is 23.3 Å². The molecule has 3 rings (SSSR count). The number of hydrogen-bond acceptors (Lipinski definition) is 5. The number of ketones is 1. The van der Waals surface area contributed by atoms with Crippen molar-refractivity contribution >= 4 is 11.8 Å². The van der Waals surface area contributed by atoms with E-state index in [1.54, 1.807) is 6.07 Å². The fourth-order valence-corrected chi connectivity index (χ4v) is 2.65. The molecule has 1 aliphatic heterocycles. The lowest BCUT2D eigenvalue weighted by Gasteiger charge is -2.23. The summed E-state index contributed by atoms with van der Waals surface area (Å²) < 4.78 is 9.94. The summed E-state index contributed by atoms with van der Waals surface area (Å²) in [7, 11) is 1.44. The number of ether oxygens (including phenoxy) is 2. The second-order valence-electron chi connectivity index (χ2n) is 4.59. The fraction of sp³-hybridized carbons (Fsp3) is 0.385. The first kappa shape index (κ1) is 11.1. The number of cyclic esters (lactones) is 1. The quantitative estimate of drug-likeness (QED) is 0.748. The van der Waals surface area contributed by atoms with Crippen molar-refractivity contribution in [1.82, 2.24) is 0 Å². The Morgan fingerprint density at radius 3 is 2.83 bits per heavy atom. The fourth-order valence-electron chi connectivity index (χ4n) is 2.65. The molecule has 5 nitrogen and oxygen atoms in total. The van der Waals surface area contributed by atoms with E-state index in [1.165, 1.54) is 13.2 Å². The molecule has 1 N–H and O–H groups in total. The predicted molar refractivity (Wildman–Crippen MR) is 60.6 cm³/mol. The molecule has 5 heteroatoms. The molecule has 0 radical (unpaired) electrons. The van der Waals surface area contributed by atoms with E-state index in [0.29, 0.717) is 17.7 Å². The van der Waals surface area contributed by atoms with Crippen LogP contribution in [-0.4, -0.2) is 30.6 Å². The zero-order valence-corrected chi connectivity index (χ0v) is 9.80. The highest BCUT2D eigenvalue weighted by Gasteiger charge is 2.45. The zero-order chi connectivity index (χ0) is 12.9. The van der Waals surface area contributed by atoms with Crippen LogP contribution in [0.25, 0.3) is 0 Å². The average molecular weight is 248 g/mol. The van der Waals surface area contributed by atoms with Crippen molar-refractivity contribution in [2.24, 2.45) is 11.8 Å². The molecule has 2 atom stereocenters. The van der Waals surface area contributed by atoms with Gasteiger partial charge in [-0.15, -0.1) is 0 Å². The van der Waals surface area contributed by atoms with Crippen LogP contribution in [0.2, 0.25) is 0 Å². The molecule has 0 aromatic heterocycles. The van der Waals surface area contributed by atoms with Gasteiger partial charge in [-0.05, 0) is 24.1 Å². The minimum atomic E-state index is -0.405. The third-order valence-electron chi connectivity index (χ3n) is 3.64. The number of aromatic hydroxyl groups is 1. The van der Waals surface area contributed by atoms with Gasteiger partial charge < -0.3 is 14.6 Å². The molecule has 0 bridgehead atoms. The topological polar surface area (TPSA) is 72.8 Å². The van der Waals surface area contributed by atoms with Crippen molar-refractivity contribution in [2.45, 2.75) is 6.42 Å². The second-order valence-corrected chi connectivity index (χ2v) is 4.59. The SMILES string of the molecule is COc1cc2c(cc1O)C(=O)[C@@H]1COC(=O)[C@@H]1C2. The summed E-state index contributed by atoms with van der Waals surface area (Å²) in [5.41, 5.74) is 1.20. The molecule has 1 aromatic carbocycles. The van der Waals surface area contributed by atoms with Crippen LogP contribution in [0.15, 0.2) is 12.1 Å². The van der Waals surface area contributed by atoms with E-state index in [1.807, 2.05) is 0 Å². The molecule has 1 saturated heterocycles. The lowest BCUT2D eigenvalue weighted by molar-refractivity contribution is -0.141. The first-order valence-corrected chi connectivity index (χ1v) is 5.72. The van der Waals surface area contributed by atoms with Crippen molar-refractivity contribution in [2.75, 3.05) is 13.7 Å². The smallest absolute Gasteiger partial charge is 0.310 e. The minimum Gasteiger partial charge on any atom is -0.504 e. The maximum absolute atomic E-state index is 12.2. The molecule has 0 amide bonds. The van der Waals surface area contributed by atoms with Gasteiger partial charge >= 0.3 is 5.97 Å². The molecule has 0 unspecified atom stereocenters. The molecule has 1 heterocycles. The second kappa shape index (κ2) is 3.73. The Morgan fingerprint density at radius 2 is 2.11 bits per heavy atom. The Balaban J connectivity index is 2.10. The van der Waals surface area contributed by atoms with Crippen molar-refractivity contribution in [1.29, 1.82) is 0 Å². The summed E-state index contributed by atoms with van der Waals surface area (Å²) in [6.07, 6.45) is 0.460. The van der Waals surface area contributed by atoms with Gasteiger partial charge in [-0.3, -0.25) is 9.59 Å². The summed E-state index contributed by atoms with van der Waals surface area (Å²) in [6, 6.07) is 3.03. The van der Waals surface area contributed by atoms with Gasteiger partial charge in [0.1, 0.15) is 6.61 Å². The highest BCUT2D eigenvalue weighted by molar-refractivity contribution is 6.04. The first-order valence-electron chi connectivity index (χ1n) is 5.72. The van der Waals surface area contributed by atoms with Gasteiger partial charge in [0, 0.05) is 5.56 Å². The number of carbonyl (C=O) groups excluding carboxylic acids is 2.